The molecule has 0 amide bonds. The number of carbonyl (C=O) groups is 1. The minimum absolute atomic E-state index is 0.141. The standard InChI is InChI=1S/C10H12O3/c1-7-9(5-6-12-7)10(11)13-8-3-2-4-8/h5-6,8H,2-4H2,1H3. The van der Waals surface area contributed by atoms with Crippen molar-refractivity contribution >= 4 is 5.97 Å². The Kier molecular flexibility index (Phi) is 2.08. The zero-order chi connectivity index (χ0) is 9.26. The van der Waals surface area contributed by atoms with E-state index in [0.717, 1.165) is 12.8 Å². The van der Waals surface area contributed by atoms with Crippen LogP contribution in [-0.2, 0) is 4.74 Å². The summed E-state index contributed by atoms with van der Waals surface area (Å²) < 4.78 is 10.2. The van der Waals surface area contributed by atoms with Crippen LogP contribution in [0.1, 0.15) is 35.4 Å². The topological polar surface area (TPSA) is 39.4 Å². The van der Waals surface area contributed by atoms with E-state index in [0.29, 0.717) is 11.3 Å². The molecule has 1 aliphatic carbocycles. The molecule has 0 saturated heterocycles. The number of hydrogen-bond donors (Lipinski definition) is 0. The maximum atomic E-state index is 11.4. The maximum Gasteiger partial charge on any atom is 0.341 e. The first kappa shape index (κ1) is 8.35. The summed E-state index contributed by atoms with van der Waals surface area (Å²) in [6, 6.07) is 1.65. The molecule has 3 heteroatoms. The van der Waals surface area contributed by atoms with Gasteiger partial charge in [-0.15, -0.1) is 0 Å². The Morgan fingerprint density at radius 2 is 2.38 bits per heavy atom. The van der Waals surface area contributed by atoms with E-state index in [1.165, 1.54) is 12.7 Å². The smallest absolute Gasteiger partial charge is 0.341 e. The van der Waals surface area contributed by atoms with E-state index in [9.17, 15) is 4.79 Å². The van der Waals surface area contributed by atoms with Gasteiger partial charge in [0.1, 0.15) is 17.4 Å². The molecule has 1 fully saturated rings. The Morgan fingerprint density at radius 1 is 1.62 bits per heavy atom. The number of esters is 1. The Hall–Kier alpha value is -1.25. The number of ether oxygens (including phenoxy) is 1. The normalized spacial score (nSPS) is 16.7. The maximum absolute atomic E-state index is 11.4. The number of furan rings is 1. The molecule has 0 spiro atoms. The van der Waals surface area contributed by atoms with Gasteiger partial charge in [-0.25, -0.2) is 4.79 Å². The average molecular weight is 180 g/mol. The molecule has 0 N–H and O–H groups in total. The van der Waals surface area contributed by atoms with Gasteiger partial charge in [0.25, 0.3) is 0 Å². The van der Waals surface area contributed by atoms with Crippen LogP contribution in [0.3, 0.4) is 0 Å². The number of hydrogen-bond acceptors (Lipinski definition) is 3. The fourth-order valence-corrected chi connectivity index (χ4v) is 1.30. The fourth-order valence-electron chi connectivity index (χ4n) is 1.30. The lowest BCUT2D eigenvalue weighted by Crippen LogP contribution is -2.25. The van der Waals surface area contributed by atoms with Crippen LogP contribution in [0.5, 0.6) is 0 Å². The third kappa shape index (κ3) is 1.59. The molecule has 1 aromatic rings. The summed E-state index contributed by atoms with van der Waals surface area (Å²) >= 11 is 0. The highest BCUT2D eigenvalue weighted by molar-refractivity contribution is 5.90. The summed E-state index contributed by atoms with van der Waals surface area (Å²) in [5.74, 6) is 0.375. The van der Waals surface area contributed by atoms with Crippen LogP contribution in [0.25, 0.3) is 0 Å². The molecule has 1 heterocycles. The summed E-state index contributed by atoms with van der Waals surface area (Å²) in [7, 11) is 0. The molecule has 0 radical (unpaired) electrons. The predicted octanol–water partition coefficient (Wildman–Crippen LogP) is 2.30. The minimum atomic E-state index is -0.254. The lowest BCUT2D eigenvalue weighted by Gasteiger charge is -2.24. The molecule has 0 aromatic carbocycles. The Bertz CT molecular complexity index is 310. The second kappa shape index (κ2) is 3.24. The van der Waals surface area contributed by atoms with Crippen LogP contribution in [0.4, 0.5) is 0 Å². The second-order valence-corrected chi connectivity index (χ2v) is 3.35. The lowest BCUT2D eigenvalue weighted by molar-refractivity contribution is 0.00884. The Balaban J connectivity index is 2.00. The van der Waals surface area contributed by atoms with Crippen molar-refractivity contribution in [1.29, 1.82) is 0 Å². The van der Waals surface area contributed by atoms with Crippen LogP contribution in [-0.4, -0.2) is 12.1 Å². The summed E-state index contributed by atoms with van der Waals surface area (Å²) in [5.41, 5.74) is 0.548. The first-order valence-corrected chi connectivity index (χ1v) is 4.52. The first-order chi connectivity index (χ1) is 6.27. The van der Waals surface area contributed by atoms with E-state index in [2.05, 4.69) is 0 Å². The zero-order valence-corrected chi connectivity index (χ0v) is 7.58. The van der Waals surface area contributed by atoms with E-state index < -0.39 is 0 Å². The predicted molar refractivity (Wildman–Crippen MR) is 46.5 cm³/mol. The van der Waals surface area contributed by atoms with Crippen molar-refractivity contribution < 1.29 is 13.9 Å². The first-order valence-electron chi connectivity index (χ1n) is 4.52. The lowest BCUT2D eigenvalue weighted by atomic mass is 9.96. The molecular formula is C10H12O3. The molecule has 1 saturated carbocycles. The largest absolute Gasteiger partial charge is 0.469 e. The third-order valence-corrected chi connectivity index (χ3v) is 2.40. The second-order valence-electron chi connectivity index (χ2n) is 3.35. The molecule has 0 aliphatic heterocycles. The van der Waals surface area contributed by atoms with Crippen LogP contribution < -0.4 is 0 Å². The van der Waals surface area contributed by atoms with E-state index in [1.54, 1.807) is 13.0 Å². The van der Waals surface area contributed by atoms with E-state index >= 15 is 0 Å². The van der Waals surface area contributed by atoms with Crippen molar-refractivity contribution in [2.24, 2.45) is 0 Å². The Morgan fingerprint density at radius 3 is 2.85 bits per heavy atom. The number of rotatable bonds is 2. The van der Waals surface area contributed by atoms with Gasteiger partial charge in [-0.2, -0.15) is 0 Å². The molecule has 13 heavy (non-hydrogen) atoms. The number of carbonyl (C=O) groups excluding carboxylic acids is 1. The van der Waals surface area contributed by atoms with Gasteiger partial charge in [0, 0.05) is 0 Å². The van der Waals surface area contributed by atoms with E-state index in [-0.39, 0.29) is 12.1 Å². The highest BCUT2D eigenvalue weighted by Gasteiger charge is 2.23. The summed E-state index contributed by atoms with van der Waals surface area (Å²) in [5, 5.41) is 0. The quantitative estimate of drug-likeness (QED) is 0.655. The van der Waals surface area contributed by atoms with Crippen LogP contribution >= 0.6 is 0 Å². The molecule has 1 aliphatic rings. The van der Waals surface area contributed by atoms with E-state index in [4.69, 9.17) is 9.15 Å². The molecule has 1 aromatic heterocycles. The SMILES string of the molecule is Cc1occc1C(=O)OC1CCC1. The minimum Gasteiger partial charge on any atom is -0.469 e. The van der Waals surface area contributed by atoms with Crippen LogP contribution in [0, 0.1) is 6.92 Å². The van der Waals surface area contributed by atoms with Gasteiger partial charge < -0.3 is 9.15 Å². The van der Waals surface area contributed by atoms with Crippen molar-refractivity contribution in [3.63, 3.8) is 0 Å². The highest BCUT2D eigenvalue weighted by Crippen LogP contribution is 2.23. The molecule has 3 nitrogen and oxygen atoms in total. The monoisotopic (exact) mass is 180 g/mol. The molecule has 0 unspecified atom stereocenters. The fraction of sp³-hybridized carbons (Fsp3) is 0.500. The van der Waals surface area contributed by atoms with Crippen molar-refractivity contribution in [2.45, 2.75) is 32.3 Å². The van der Waals surface area contributed by atoms with Crippen molar-refractivity contribution in [2.75, 3.05) is 0 Å². The van der Waals surface area contributed by atoms with Crippen LogP contribution in [0.2, 0.25) is 0 Å². The molecule has 70 valence electrons. The van der Waals surface area contributed by atoms with Crippen LogP contribution in [0.15, 0.2) is 16.7 Å². The van der Waals surface area contributed by atoms with Gasteiger partial charge in [0.15, 0.2) is 0 Å². The zero-order valence-electron chi connectivity index (χ0n) is 7.58. The number of aryl methyl sites for hydroxylation is 1. The van der Waals surface area contributed by atoms with Gasteiger partial charge in [-0.05, 0) is 32.3 Å². The van der Waals surface area contributed by atoms with Gasteiger partial charge in [0.05, 0.1) is 6.26 Å². The van der Waals surface area contributed by atoms with Crippen molar-refractivity contribution in [1.82, 2.24) is 0 Å². The summed E-state index contributed by atoms with van der Waals surface area (Å²) in [6.45, 7) is 1.76. The van der Waals surface area contributed by atoms with Crippen molar-refractivity contribution in [3.05, 3.63) is 23.7 Å². The van der Waals surface area contributed by atoms with E-state index in [1.807, 2.05) is 0 Å². The van der Waals surface area contributed by atoms with Gasteiger partial charge in [0.2, 0.25) is 0 Å². The highest BCUT2D eigenvalue weighted by atomic mass is 16.5. The summed E-state index contributed by atoms with van der Waals surface area (Å²) in [4.78, 5) is 11.4. The van der Waals surface area contributed by atoms with Crippen molar-refractivity contribution in [3.8, 4) is 0 Å². The molecular weight excluding hydrogens is 168 g/mol. The third-order valence-electron chi connectivity index (χ3n) is 2.40. The average Bonchev–Trinajstić information content (AvgIpc) is 2.43. The van der Waals surface area contributed by atoms with Gasteiger partial charge in [-0.3, -0.25) is 0 Å². The molecule has 2 rings (SSSR count). The molecule has 0 bridgehead atoms. The Labute approximate surface area is 76.7 Å². The summed E-state index contributed by atoms with van der Waals surface area (Å²) in [6.07, 6.45) is 4.82. The molecule has 0 atom stereocenters. The van der Waals surface area contributed by atoms with Gasteiger partial charge >= 0.3 is 5.97 Å². The van der Waals surface area contributed by atoms with Gasteiger partial charge in [-0.1, -0.05) is 0 Å².